The summed E-state index contributed by atoms with van der Waals surface area (Å²) in [5.74, 6) is -5.97. The number of aromatic nitrogens is 1. The molecule has 6 rings (SSSR count). The number of nitrogens with zero attached hydrogens (tertiary/aromatic N) is 3. The van der Waals surface area contributed by atoms with Crippen molar-refractivity contribution < 1.29 is 64.8 Å². The molecule has 4 aliphatic rings. The van der Waals surface area contributed by atoms with Crippen LogP contribution in [0.1, 0.15) is 79.1 Å². The van der Waals surface area contributed by atoms with Crippen LogP contribution in [0, 0.1) is 23.6 Å². The van der Waals surface area contributed by atoms with Crippen LogP contribution in [0.25, 0.3) is 10.8 Å². The SMILES string of the molecule is CC[C@@H]1C[C@H](C)CCC=C[C@@H]2C[C@@]2(C(=O)NS(=O)(=O)C2(CO)CC2)NC(=O)[C@@H]2C[C@@H](Oc3nccc4cc(OC)c(F)cc34)CN2C(=O)[C@H]1N(C(=O)O)C(C)(C)C(F)(F)F. The monoisotopic (exact) mass is 869 g/mol. The number of aliphatic hydroxyl groups is 1. The number of methoxy groups -OCH3 is 1. The van der Waals surface area contributed by atoms with E-state index in [1.54, 1.807) is 25.1 Å². The summed E-state index contributed by atoms with van der Waals surface area (Å²) in [4.78, 5) is 62.0. The summed E-state index contributed by atoms with van der Waals surface area (Å²) in [7, 11) is -3.12. The van der Waals surface area contributed by atoms with Crippen LogP contribution in [0.4, 0.5) is 22.4 Å². The molecule has 0 unspecified atom stereocenters. The predicted octanol–water partition coefficient (Wildman–Crippen LogP) is 4.67. The average molecular weight is 870 g/mol. The molecular formula is C40H51F4N5O10S. The number of sulfonamides is 1. The zero-order valence-electron chi connectivity index (χ0n) is 33.9. The van der Waals surface area contributed by atoms with Gasteiger partial charge < -0.3 is 29.9 Å². The number of hydrogen-bond acceptors (Lipinski definition) is 10. The molecule has 330 valence electrons. The van der Waals surface area contributed by atoms with Crippen LogP contribution in [-0.4, -0.2) is 118 Å². The Labute approximate surface area is 344 Å². The molecule has 1 aromatic carbocycles. The highest BCUT2D eigenvalue weighted by atomic mass is 32.2. The number of amides is 4. The molecule has 2 aliphatic carbocycles. The smallest absolute Gasteiger partial charge is 0.411 e. The number of halogens is 4. The molecule has 20 heteroatoms. The maximum Gasteiger partial charge on any atom is 0.411 e. The van der Waals surface area contributed by atoms with Crippen LogP contribution >= 0.6 is 0 Å². The molecule has 0 bridgehead atoms. The van der Waals surface area contributed by atoms with Crippen LogP contribution in [0.5, 0.6) is 11.6 Å². The molecule has 3 heterocycles. The number of pyridine rings is 1. The number of alkyl halides is 3. The predicted molar refractivity (Wildman–Crippen MR) is 208 cm³/mol. The lowest BCUT2D eigenvalue weighted by Gasteiger charge is -2.46. The van der Waals surface area contributed by atoms with E-state index in [4.69, 9.17) is 9.47 Å². The van der Waals surface area contributed by atoms with Crippen LogP contribution in [0.2, 0.25) is 0 Å². The van der Waals surface area contributed by atoms with E-state index < -0.39 is 105 Å². The van der Waals surface area contributed by atoms with Crippen molar-refractivity contribution in [2.45, 2.75) is 119 Å². The number of carbonyl (C=O) groups is 4. The molecule has 0 spiro atoms. The number of carbonyl (C=O) groups excluding carboxylic acids is 3. The highest BCUT2D eigenvalue weighted by molar-refractivity contribution is 7.91. The Bertz CT molecular complexity index is 2170. The fraction of sp³-hybridized carbons (Fsp3) is 0.625. The van der Waals surface area contributed by atoms with E-state index in [9.17, 15) is 50.6 Å². The number of nitrogens with one attached hydrogen (secondary N) is 2. The highest BCUT2D eigenvalue weighted by Gasteiger charge is 2.64. The number of rotatable bonds is 10. The van der Waals surface area contributed by atoms with Gasteiger partial charge in [0.1, 0.15) is 34.0 Å². The van der Waals surface area contributed by atoms with Crippen LogP contribution in [-0.2, 0) is 24.4 Å². The van der Waals surface area contributed by atoms with Gasteiger partial charge in [0.2, 0.25) is 27.7 Å². The molecule has 2 saturated carbocycles. The van der Waals surface area contributed by atoms with Crippen LogP contribution < -0.4 is 19.5 Å². The van der Waals surface area contributed by atoms with Gasteiger partial charge in [0, 0.05) is 23.9 Å². The third-order valence-corrected chi connectivity index (χ3v) is 14.8. The fourth-order valence-electron chi connectivity index (χ4n) is 8.52. The van der Waals surface area contributed by atoms with Gasteiger partial charge in [-0.2, -0.15) is 13.2 Å². The Kier molecular flexibility index (Phi) is 12.2. The first-order valence-corrected chi connectivity index (χ1v) is 21.4. The largest absolute Gasteiger partial charge is 0.494 e. The average Bonchev–Trinajstić information content (AvgIpc) is 4.08. The van der Waals surface area contributed by atoms with Gasteiger partial charge in [0.25, 0.3) is 5.91 Å². The molecule has 4 N–H and O–H groups in total. The van der Waals surface area contributed by atoms with Gasteiger partial charge in [0.15, 0.2) is 11.6 Å². The van der Waals surface area contributed by atoms with Gasteiger partial charge in [-0.3, -0.25) is 24.0 Å². The number of carboxylic acid groups (broad SMARTS) is 1. The van der Waals surface area contributed by atoms with E-state index in [1.807, 2.05) is 11.6 Å². The van der Waals surface area contributed by atoms with E-state index in [-0.39, 0.29) is 66.4 Å². The topological polar surface area (TPSA) is 205 Å². The molecule has 60 heavy (non-hydrogen) atoms. The fourth-order valence-corrected chi connectivity index (χ4v) is 9.97. The Morgan fingerprint density at radius 2 is 1.87 bits per heavy atom. The summed E-state index contributed by atoms with van der Waals surface area (Å²) in [6, 6.07) is 0.555. The standard InChI is InChI=1S/C40H51F4N5O10S/c1-6-23-15-22(2)9-7-8-10-25-19-39(25,35(53)47-60(56,57)38(21-50)12-13-38)46-32(51)29-17-26(59-33-27-18-28(41)30(58-5)16-24(27)11-14-45-33)20-48(29)34(52)31(23)49(36(54)55)37(3,4)40(42,43)44/h8,10-11,14,16,18,22-23,25-26,29,31,50H,6-7,9,12-13,15,17,19-21H2,1-5H3,(H,46,51)(H,47,53)(H,54,55)/t22-,23-,25-,26-,29+,31+,39-/m1/s1. The maximum absolute atomic E-state index is 15.1. The van der Waals surface area contributed by atoms with Gasteiger partial charge >= 0.3 is 12.3 Å². The summed E-state index contributed by atoms with van der Waals surface area (Å²) < 4.78 is 97.6. The van der Waals surface area contributed by atoms with Crippen molar-refractivity contribution in [3.8, 4) is 11.6 Å². The lowest BCUT2D eigenvalue weighted by atomic mass is 9.82. The van der Waals surface area contributed by atoms with Crippen molar-refractivity contribution >= 4 is 44.6 Å². The minimum absolute atomic E-state index is 0.0408. The Hall–Kier alpha value is -4.72. The van der Waals surface area contributed by atoms with Crippen molar-refractivity contribution in [3.63, 3.8) is 0 Å². The number of ether oxygens (including phenoxy) is 2. The first kappa shape index (κ1) is 44.8. The second kappa shape index (κ2) is 16.3. The van der Waals surface area contributed by atoms with Crippen molar-refractivity contribution in [1.29, 1.82) is 0 Å². The van der Waals surface area contributed by atoms with Crippen LogP contribution in [0.3, 0.4) is 0 Å². The third kappa shape index (κ3) is 8.20. The summed E-state index contributed by atoms with van der Waals surface area (Å²) in [5, 5.41) is 23.7. The zero-order valence-corrected chi connectivity index (χ0v) is 34.7. The lowest BCUT2D eigenvalue weighted by Crippen LogP contribution is -2.66. The molecule has 2 aromatic rings. The Balaban J connectivity index is 1.44. The van der Waals surface area contributed by atoms with Gasteiger partial charge in [-0.1, -0.05) is 32.4 Å². The molecule has 1 saturated heterocycles. The quantitative estimate of drug-likeness (QED) is 0.191. The van der Waals surface area contributed by atoms with Gasteiger partial charge in [-0.05, 0) is 87.8 Å². The molecule has 7 atom stereocenters. The second-order valence-corrected chi connectivity index (χ2v) is 19.1. The molecular weight excluding hydrogens is 819 g/mol. The Morgan fingerprint density at radius 1 is 1.17 bits per heavy atom. The van der Waals surface area contributed by atoms with E-state index in [2.05, 4.69) is 10.3 Å². The summed E-state index contributed by atoms with van der Waals surface area (Å²) in [6.07, 6.45) is -2.54. The molecule has 4 amide bonds. The molecule has 15 nitrogen and oxygen atoms in total. The van der Waals surface area contributed by atoms with Crippen molar-refractivity contribution in [2.75, 3.05) is 20.3 Å². The van der Waals surface area contributed by atoms with Gasteiger partial charge in [-0.25, -0.2) is 22.6 Å². The zero-order chi connectivity index (χ0) is 44.2. The highest BCUT2D eigenvalue weighted by Crippen LogP contribution is 2.48. The first-order chi connectivity index (χ1) is 28.1. The Morgan fingerprint density at radius 3 is 2.47 bits per heavy atom. The number of aliphatic hydroxyl groups excluding tert-OH is 1. The van der Waals surface area contributed by atoms with Crippen molar-refractivity contribution in [1.82, 2.24) is 24.8 Å². The van der Waals surface area contributed by atoms with Crippen LogP contribution in [0.15, 0.2) is 36.5 Å². The van der Waals surface area contributed by atoms with E-state index >= 15 is 4.79 Å². The number of hydrogen-bond donors (Lipinski definition) is 4. The summed E-state index contributed by atoms with van der Waals surface area (Å²) in [5.41, 5.74) is -4.93. The lowest BCUT2D eigenvalue weighted by molar-refractivity contribution is -0.222. The molecule has 2 aliphatic heterocycles. The molecule has 0 radical (unpaired) electrons. The molecule has 3 fully saturated rings. The molecule has 1 aromatic heterocycles. The van der Waals surface area contributed by atoms with Gasteiger partial charge in [-0.15, -0.1) is 0 Å². The minimum atomic E-state index is -5.14. The third-order valence-electron chi connectivity index (χ3n) is 12.7. The first-order valence-electron chi connectivity index (χ1n) is 19.9. The van der Waals surface area contributed by atoms with E-state index in [1.165, 1.54) is 19.4 Å². The normalized spacial score (nSPS) is 28.4. The van der Waals surface area contributed by atoms with Crippen molar-refractivity contribution in [2.24, 2.45) is 17.8 Å². The van der Waals surface area contributed by atoms with Gasteiger partial charge in [0.05, 0.1) is 20.3 Å². The minimum Gasteiger partial charge on any atom is -0.494 e. The van der Waals surface area contributed by atoms with E-state index in [0.29, 0.717) is 32.1 Å². The van der Waals surface area contributed by atoms with E-state index in [0.717, 1.165) is 11.0 Å². The second-order valence-electron chi connectivity index (χ2n) is 17.0. The van der Waals surface area contributed by atoms with Crippen molar-refractivity contribution in [3.05, 3.63) is 42.4 Å². The number of fused-ring (bicyclic) bond motifs is 3. The maximum atomic E-state index is 15.1. The summed E-state index contributed by atoms with van der Waals surface area (Å²) in [6.45, 7) is 3.59. The number of benzene rings is 1. The number of allylic oxidation sites excluding steroid dienone is 1. The summed E-state index contributed by atoms with van der Waals surface area (Å²) >= 11 is 0.